The highest BCUT2D eigenvalue weighted by Crippen LogP contribution is 2.23. The molecule has 1 aromatic carbocycles. The van der Waals surface area contributed by atoms with Gasteiger partial charge in [-0.25, -0.2) is 9.37 Å². The predicted octanol–water partition coefficient (Wildman–Crippen LogP) is 3.16. The van der Waals surface area contributed by atoms with E-state index in [1.165, 1.54) is 31.5 Å². The Hall–Kier alpha value is -2.67. The number of hydrogen-bond acceptors (Lipinski definition) is 4. The number of nitrogens with one attached hydrogen (secondary N) is 2. The Morgan fingerprint density at radius 3 is 3.00 bits per heavy atom. The van der Waals surface area contributed by atoms with E-state index in [9.17, 15) is 4.39 Å². The van der Waals surface area contributed by atoms with Crippen LogP contribution in [0.5, 0.6) is 11.6 Å². The highest BCUT2D eigenvalue weighted by Gasteiger charge is 2.22. The van der Waals surface area contributed by atoms with Gasteiger partial charge in [-0.05, 0) is 44.1 Å². The molecular formula is C21H28FN5O. The Morgan fingerprint density at radius 2 is 2.21 bits per heavy atom. The number of benzene rings is 1. The third kappa shape index (κ3) is 5.42. The number of likely N-dealkylation sites (tertiary alicyclic amines) is 1. The molecule has 0 spiro atoms. The number of guanidine groups is 1. The molecular weight excluding hydrogens is 357 g/mol. The first kappa shape index (κ1) is 20.1. The number of aromatic nitrogens is 1. The SMILES string of the molecule is CCN1CCCC1CNC(=NC)NCc1cccnc1Oc1cccc(F)c1. The van der Waals surface area contributed by atoms with Crippen molar-refractivity contribution >= 4 is 5.96 Å². The van der Waals surface area contributed by atoms with Crippen molar-refractivity contribution < 1.29 is 9.13 Å². The van der Waals surface area contributed by atoms with Crippen molar-refractivity contribution in [1.29, 1.82) is 0 Å². The summed E-state index contributed by atoms with van der Waals surface area (Å²) in [5.74, 6) is 1.27. The molecule has 1 unspecified atom stereocenters. The molecule has 1 aliphatic heterocycles. The first-order chi connectivity index (χ1) is 13.7. The molecule has 150 valence electrons. The van der Waals surface area contributed by atoms with Crippen LogP contribution in [-0.2, 0) is 6.54 Å². The Kier molecular flexibility index (Phi) is 7.19. The summed E-state index contributed by atoms with van der Waals surface area (Å²) in [4.78, 5) is 11.1. The van der Waals surface area contributed by atoms with Crippen LogP contribution in [0.1, 0.15) is 25.3 Å². The Balaban J connectivity index is 1.57. The van der Waals surface area contributed by atoms with Crippen LogP contribution in [-0.4, -0.2) is 48.6 Å². The lowest BCUT2D eigenvalue weighted by Crippen LogP contribution is -2.44. The quantitative estimate of drug-likeness (QED) is 0.566. The average molecular weight is 385 g/mol. The third-order valence-corrected chi connectivity index (χ3v) is 4.94. The summed E-state index contributed by atoms with van der Waals surface area (Å²) in [7, 11) is 1.76. The van der Waals surface area contributed by atoms with Crippen LogP contribution in [0.2, 0.25) is 0 Å². The lowest BCUT2D eigenvalue weighted by atomic mass is 10.2. The van der Waals surface area contributed by atoms with Crippen molar-refractivity contribution in [2.24, 2.45) is 4.99 Å². The van der Waals surface area contributed by atoms with E-state index in [1.807, 2.05) is 12.1 Å². The minimum absolute atomic E-state index is 0.342. The number of likely N-dealkylation sites (N-methyl/N-ethyl adjacent to an activating group) is 1. The fourth-order valence-electron chi connectivity index (χ4n) is 3.45. The highest BCUT2D eigenvalue weighted by molar-refractivity contribution is 5.79. The summed E-state index contributed by atoms with van der Waals surface area (Å²) >= 11 is 0. The zero-order chi connectivity index (χ0) is 19.8. The molecule has 0 saturated carbocycles. The van der Waals surface area contributed by atoms with Crippen LogP contribution in [0.4, 0.5) is 4.39 Å². The summed E-state index contributed by atoms with van der Waals surface area (Å²) in [6.45, 7) is 5.82. The summed E-state index contributed by atoms with van der Waals surface area (Å²) in [5.41, 5.74) is 0.866. The zero-order valence-corrected chi connectivity index (χ0v) is 16.5. The number of ether oxygens (including phenoxy) is 1. The summed E-state index contributed by atoms with van der Waals surface area (Å²) in [6, 6.07) is 10.4. The molecule has 1 atom stereocenters. The van der Waals surface area contributed by atoms with Crippen LogP contribution in [0, 0.1) is 5.82 Å². The molecule has 2 N–H and O–H groups in total. The van der Waals surface area contributed by atoms with E-state index in [2.05, 4.69) is 32.4 Å². The van der Waals surface area contributed by atoms with Gasteiger partial charge < -0.3 is 15.4 Å². The van der Waals surface area contributed by atoms with Gasteiger partial charge in [-0.1, -0.05) is 19.1 Å². The molecule has 3 rings (SSSR count). The van der Waals surface area contributed by atoms with Gasteiger partial charge in [0.05, 0.1) is 0 Å². The lowest BCUT2D eigenvalue weighted by molar-refractivity contribution is 0.267. The largest absolute Gasteiger partial charge is 0.439 e. The van der Waals surface area contributed by atoms with Gasteiger partial charge in [-0.2, -0.15) is 0 Å². The Labute approximate surface area is 165 Å². The van der Waals surface area contributed by atoms with Crippen LogP contribution in [0.15, 0.2) is 47.6 Å². The van der Waals surface area contributed by atoms with Crippen LogP contribution in [0.3, 0.4) is 0 Å². The van der Waals surface area contributed by atoms with Crippen molar-refractivity contribution in [2.45, 2.75) is 32.4 Å². The normalized spacial score (nSPS) is 17.5. The average Bonchev–Trinajstić information content (AvgIpc) is 3.17. The minimum Gasteiger partial charge on any atom is -0.439 e. The van der Waals surface area contributed by atoms with Gasteiger partial charge in [0, 0.05) is 44.0 Å². The third-order valence-electron chi connectivity index (χ3n) is 4.94. The molecule has 6 nitrogen and oxygen atoms in total. The second kappa shape index (κ2) is 10.0. The first-order valence-electron chi connectivity index (χ1n) is 9.75. The lowest BCUT2D eigenvalue weighted by Gasteiger charge is -2.24. The molecule has 28 heavy (non-hydrogen) atoms. The van der Waals surface area contributed by atoms with Crippen LogP contribution >= 0.6 is 0 Å². The van der Waals surface area contributed by atoms with E-state index in [0.717, 1.165) is 24.6 Å². The maximum atomic E-state index is 13.4. The van der Waals surface area contributed by atoms with Crippen molar-refractivity contribution in [2.75, 3.05) is 26.7 Å². The number of halogens is 1. The predicted molar refractivity (Wildman–Crippen MR) is 109 cm³/mol. The van der Waals surface area contributed by atoms with E-state index in [4.69, 9.17) is 4.74 Å². The summed E-state index contributed by atoms with van der Waals surface area (Å²) in [5, 5.41) is 6.72. The van der Waals surface area contributed by atoms with Gasteiger partial charge in [0.1, 0.15) is 11.6 Å². The maximum Gasteiger partial charge on any atom is 0.224 e. The van der Waals surface area contributed by atoms with E-state index >= 15 is 0 Å². The molecule has 0 amide bonds. The molecule has 7 heteroatoms. The molecule has 1 fully saturated rings. The van der Waals surface area contributed by atoms with E-state index in [-0.39, 0.29) is 5.82 Å². The number of pyridine rings is 1. The van der Waals surface area contributed by atoms with Gasteiger partial charge in [-0.3, -0.25) is 9.89 Å². The van der Waals surface area contributed by atoms with Gasteiger partial charge in [0.25, 0.3) is 0 Å². The van der Waals surface area contributed by atoms with Crippen molar-refractivity contribution in [3.8, 4) is 11.6 Å². The zero-order valence-electron chi connectivity index (χ0n) is 16.5. The first-order valence-corrected chi connectivity index (χ1v) is 9.75. The van der Waals surface area contributed by atoms with Gasteiger partial charge in [0.2, 0.25) is 5.88 Å². The van der Waals surface area contributed by atoms with Crippen molar-refractivity contribution in [1.82, 2.24) is 20.5 Å². The van der Waals surface area contributed by atoms with E-state index in [1.54, 1.807) is 25.4 Å². The molecule has 1 aliphatic rings. The molecule has 0 aliphatic carbocycles. The molecule has 2 heterocycles. The number of nitrogens with zero attached hydrogens (tertiary/aromatic N) is 3. The van der Waals surface area contributed by atoms with Gasteiger partial charge in [-0.15, -0.1) is 0 Å². The maximum absolute atomic E-state index is 13.4. The van der Waals surface area contributed by atoms with Crippen LogP contribution < -0.4 is 15.4 Å². The van der Waals surface area contributed by atoms with E-state index < -0.39 is 0 Å². The Bertz CT molecular complexity index is 798. The number of rotatable bonds is 7. The second-order valence-electron chi connectivity index (χ2n) is 6.76. The van der Waals surface area contributed by atoms with Crippen molar-refractivity contribution in [3.63, 3.8) is 0 Å². The number of aliphatic imine (C=N–C) groups is 1. The van der Waals surface area contributed by atoms with Gasteiger partial charge in [0.15, 0.2) is 5.96 Å². The molecule has 1 aromatic heterocycles. The monoisotopic (exact) mass is 385 g/mol. The number of hydrogen-bond donors (Lipinski definition) is 2. The summed E-state index contributed by atoms with van der Waals surface area (Å²) < 4.78 is 19.2. The topological polar surface area (TPSA) is 61.8 Å². The Morgan fingerprint density at radius 1 is 1.32 bits per heavy atom. The highest BCUT2D eigenvalue weighted by atomic mass is 19.1. The second-order valence-corrected chi connectivity index (χ2v) is 6.76. The smallest absolute Gasteiger partial charge is 0.224 e. The molecule has 2 aromatic rings. The standard InChI is InChI=1S/C21H28FN5O/c1-3-27-12-6-9-18(27)15-26-21(23-2)25-14-16-7-5-11-24-20(16)28-19-10-4-8-17(22)13-19/h4-5,7-8,10-11,13,18H,3,6,9,12,14-15H2,1-2H3,(H2,23,25,26). The molecule has 1 saturated heterocycles. The minimum atomic E-state index is -0.342. The van der Waals surface area contributed by atoms with E-state index in [0.29, 0.717) is 24.2 Å². The molecule has 0 bridgehead atoms. The van der Waals surface area contributed by atoms with Gasteiger partial charge >= 0.3 is 0 Å². The van der Waals surface area contributed by atoms with Crippen LogP contribution in [0.25, 0.3) is 0 Å². The fourth-order valence-corrected chi connectivity index (χ4v) is 3.45. The fraction of sp³-hybridized carbons (Fsp3) is 0.429. The molecule has 0 radical (unpaired) electrons. The van der Waals surface area contributed by atoms with Crippen molar-refractivity contribution in [3.05, 3.63) is 54.0 Å². The summed E-state index contributed by atoms with van der Waals surface area (Å²) in [6.07, 6.45) is 4.12.